The van der Waals surface area contributed by atoms with Gasteiger partial charge in [0.25, 0.3) is 0 Å². The van der Waals surface area contributed by atoms with E-state index in [2.05, 4.69) is 20.4 Å². The molecule has 0 aliphatic rings. The van der Waals surface area contributed by atoms with Gasteiger partial charge in [0.15, 0.2) is 17.2 Å². The summed E-state index contributed by atoms with van der Waals surface area (Å²) in [7, 11) is 0. The van der Waals surface area contributed by atoms with Crippen LogP contribution in [0.1, 0.15) is 20.3 Å². The summed E-state index contributed by atoms with van der Waals surface area (Å²) >= 11 is 0. The van der Waals surface area contributed by atoms with Crippen LogP contribution in [0.5, 0.6) is 11.8 Å². The van der Waals surface area contributed by atoms with E-state index >= 15 is 0 Å². The van der Waals surface area contributed by atoms with E-state index in [1.807, 2.05) is 6.92 Å². The van der Waals surface area contributed by atoms with Gasteiger partial charge in [-0.2, -0.15) is 15.1 Å². The summed E-state index contributed by atoms with van der Waals surface area (Å²) in [5.74, 6) is -1.44. The molecule has 10 heteroatoms. The number of aliphatic hydroxyl groups excluding tert-OH is 1. The number of nitrogens with one attached hydrogen (secondary N) is 1. The van der Waals surface area contributed by atoms with Crippen LogP contribution in [-0.4, -0.2) is 44.1 Å². The van der Waals surface area contributed by atoms with Crippen molar-refractivity contribution in [1.29, 1.82) is 0 Å². The minimum atomic E-state index is -0.873. The van der Waals surface area contributed by atoms with Crippen LogP contribution in [0.3, 0.4) is 0 Å². The lowest BCUT2D eigenvalue weighted by Gasteiger charge is -2.11. The number of ether oxygens (including phenoxy) is 2. The number of aromatic nitrogens is 4. The van der Waals surface area contributed by atoms with Gasteiger partial charge in [-0.3, -0.25) is 0 Å². The number of benzene rings is 1. The monoisotopic (exact) mass is 393 g/mol. The van der Waals surface area contributed by atoms with Crippen LogP contribution in [0.25, 0.3) is 11.0 Å². The molecule has 3 aromatic rings. The number of hydrogen-bond acceptors (Lipinski definition) is 7. The second kappa shape index (κ2) is 8.89. The maximum absolute atomic E-state index is 13.9. The molecule has 0 saturated heterocycles. The Morgan fingerprint density at radius 2 is 2.11 bits per heavy atom. The van der Waals surface area contributed by atoms with Crippen molar-refractivity contribution in [2.24, 2.45) is 0 Å². The summed E-state index contributed by atoms with van der Waals surface area (Å²) in [4.78, 5) is 8.52. The number of nitrogens with zero attached hydrogens (tertiary/aromatic N) is 4. The lowest BCUT2D eigenvalue weighted by atomic mass is 10.3. The van der Waals surface area contributed by atoms with Crippen LogP contribution in [-0.2, 0) is 11.5 Å². The van der Waals surface area contributed by atoms with Gasteiger partial charge in [-0.1, -0.05) is 6.92 Å². The number of rotatable bonds is 9. The first-order valence-electron chi connectivity index (χ1n) is 8.84. The predicted octanol–water partition coefficient (Wildman–Crippen LogP) is 3.07. The SMILES string of the molecule is CCCOCn1ncc2c(NC[C@H](C)O)nc(Oc3ccc(F)cc3F)nc21. The van der Waals surface area contributed by atoms with E-state index in [4.69, 9.17) is 9.47 Å². The van der Waals surface area contributed by atoms with Gasteiger partial charge < -0.3 is 19.9 Å². The Morgan fingerprint density at radius 1 is 1.29 bits per heavy atom. The first-order chi connectivity index (χ1) is 13.5. The van der Waals surface area contributed by atoms with Crippen molar-refractivity contribution in [1.82, 2.24) is 19.7 Å². The summed E-state index contributed by atoms with van der Waals surface area (Å²) in [6.45, 7) is 4.58. The second-order valence-electron chi connectivity index (χ2n) is 6.18. The molecule has 3 rings (SSSR count). The van der Waals surface area contributed by atoms with Crippen molar-refractivity contribution in [2.75, 3.05) is 18.5 Å². The molecule has 1 atom stereocenters. The molecular weight excluding hydrogens is 372 g/mol. The molecule has 0 aliphatic carbocycles. The summed E-state index contributed by atoms with van der Waals surface area (Å²) in [6, 6.07) is 2.79. The molecule has 2 heterocycles. The van der Waals surface area contributed by atoms with E-state index < -0.39 is 17.7 Å². The van der Waals surface area contributed by atoms with Crippen LogP contribution < -0.4 is 10.1 Å². The molecule has 0 fully saturated rings. The quantitative estimate of drug-likeness (QED) is 0.540. The average molecular weight is 393 g/mol. The van der Waals surface area contributed by atoms with Crippen molar-refractivity contribution in [2.45, 2.75) is 33.1 Å². The van der Waals surface area contributed by atoms with Crippen molar-refractivity contribution < 1.29 is 23.4 Å². The summed E-state index contributed by atoms with van der Waals surface area (Å²) in [5, 5.41) is 17.4. The molecule has 0 unspecified atom stereocenters. The fraction of sp³-hybridized carbons (Fsp3) is 0.389. The van der Waals surface area contributed by atoms with Crippen LogP contribution in [0.15, 0.2) is 24.4 Å². The van der Waals surface area contributed by atoms with Gasteiger partial charge in [0.1, 0.15) is 18.4 Å². The minimum Gasteiger partial charge on any atom is -0.421 e. The third-order valence-electron chi connectivity index (χ3n) is 3.70. The summed E-state index contributed by atoms with van der Waals surface area (Å²) in [6.07, 6.45) is 1.80. The molecule has 1 aromatic carbocycles. The van der Waals surface area contributed by atoms with E-state index in [9.17, 15) is 13.9 Å². The van der Waals surface area contributed by atoms with Crippen molar-refractivity contribution in [3.05, 3.63) is 36.0 Å². The molecule has 0 amide bonds. The highest BCUT2D eigenvalue weighted by atomic mass is 19.1. The highest BCUT2D eigenvalue weighted by Gasteiger charge is 2.16. The van der Waals surface area contributed by atoms with Gasteiger partial charge in [0.05, 0.1) is 17.7 Å². The average Bonchev–Trinajstić information content (AvgIpc) is 3.05. The van der Waals surface area contributed by atoms with E-state index in [1.54, 1.807) is 13.1 Å². The number of halogens is 2. The molecule has 0 radical (unpaired) electrons. The topological polar surface area (TPSA) is 94.3 Å². The molecule has 2 aromatic heterocycles. The third-order valence-corrected chi connectivity index (χ3v) is 3.70. The fourth-order valence-electron chi connectivity index (χ4n) is 2.41. The molecule has 0 bridgehead atoms. The lowest BCUT2D eigenvalue weighted by Crippen LogP contribution is -2.16. The van der Waals surface area contributed by atoms with Gasteiger partial charge >= 0.3 is 6.01 Å². The second-order valence-corrected chi connectivity index (χ2v) is 6.18. The zero-order valence-electron chi connectivity index (χ0n) is 15.5. The van der Waals surface area contributed by atoms with Crippen LogP contribution in [0, 0.1) is 11.6 Å². The molecular formula is C18H21F2N5O3. The highest BCUT2D eigenvalue weighted by molar-refractivity contribution is 5.86. The van der Waals surface area contributed by atoms with Crippen molar-refractivity contribution in [3.63, 3.8) is 0 Å². The van der Waals surface area contributed by atoms with Crippen molar-refractivity contribution >= 4 is 16.9 Å². The number of anilines is 1. The van der Waals surface area contributed by atoms with Crippen LogP contribution in [0.4, 0.5) is 14.6 Å². The van der Waals surface area contributed by atoms with Gasteiger partial charge in [-0.25, -0.2) is 13.5 Å². The zero-order valence-corrected chi connectivity index (χ0v) is 15.5. The molecule has 28 heavy (non-hydrogen) atoms. The predicted molar refractivity (Wildman–Crippen MR) is 98.2 cm³/mol. The highest BCUT2D eigenvalue weighted by Crippen LogP contribution is 2.27. The summed E-state index contributed by atoms with van der Waals surface area (Å²) in [5.41, 5.74) is 0.414. The van der Waals surface area contributed by atoms with Crippen LogP contribution in [0.2, 0.25) is 0 Å². The first-order valence-corrected chi connectivity index (χ1v) is 8.84. The normalized spacial score (nSPS) is 12.3. The molecule has 2 N–H and O–H groups in total. The van der Waals surface area contributed by atoms with Gasteiger partial charge in [-0.05, 0) is 25.5 Å². The molecule has 0 spiro atoms. The Labute approximate surface area is 160 Å². The summed E-state index contributed by atoms with van der Waals surface area (Å²) < 4.78 is 39.5. The standard InChI is InChI=1S/C18H21F2N5O3/c1-3-6-27-10-25-17-13(9-22-25)16(21-8-11(2)26)23-18(24-17)28-15-5-4-12(19)7-14(15)20/h4-5,7,9,11,26H,3,6,8,10H2,1-2H3,(H,21,23,24)/t11-/m0/s1. The van der Waals surface area contributed by atoms with Gasteiger partial charge in [0, 0.05) is 19.2 Å². The van der Waals surface area contributed by atoms with E-state index in [0.717, 1.165) is 18.6 Å². The Morgan fingerprint density at radius 3 is 2.82 bits per heavy atom. The van der Waals surface area contributed by atoms with Crippen LogP contribution >= 0.6 is 0 Å². The Hall–Kier alpha value is -2.85. The fourth-order valence-corrected chi connectivity index (χ4v) is 2.41. The molecule has 8 nitrogen and oxygen atoms in total. The molecule has 0 saturated carbocycles. The van der Waals surface area contributed by atoms with E-state index in [1.165, 1.54) is 4.68 Å². The first kappa shape index (κ1) is 19.9. The smallest absolute Gasteiger partial charge is 0.326 e. The maximum Gasteiger partial charge on any atom is 0.326 e. The Bertz CT molecular complexity index is 948. The zero-order chi connectivity index (χ0) is 20.1. The third kappa shape index (κ3) is 4.70. The molecule has 150 valence electrons. The Kier molecular flexibility index (Phi) is 6.32. The molecule has 0 aliphatic heterocycles. The van der Waals surface area contributed by atoms with Crippen molar-refractivity contribution in [3.8, 4) is 11.8 Å². The number of hydrogen-bond donors (Lipinski definition) is 2. The lowest BCUT2D eigenvalue weighted by molar-refractivity contribution is 0.0719. The number of fused-ring (bicyclic) bond motifs is 1. The largest absolute Gasteiger partial charge is 0.421 e. The Balaban J connectivity index is 1.96. The number of aliphatic hydroxyl groups is 1. The van der Waals surface area contributed by atoms with Gasteiger partial charge in [0.2, 0.25) is 0 Å². The van der Waals surface area contributed by atoms with E-state index in [-0.39, 0.29) is 25.0 Å². The van der Waals surface area contributed by atoms with Gasteiger partial charge in [-0.15, -0.1) is 0 Å². The van der Waals surface area contributed by atoms with E-state index in [0.29, 0.717) is 29.5 Å². The maximum atomic E-state index is 13.9. The minimum absolute atomic E-state index is 0.150.